The minimum Gasteiger partial charge on any atom is -0.378 e. The minimum absolute atomic E-state index is 0.135. The zero-order valence-electron chi connectivity index (χ0n) is 15.3. The van der Waals surface area contributed by atoms with Crippen LogP contribution in [0.4, 0.5) is 17.1 Å². The molecule has 1 aliphatic rings. The number of rotatable bonds is 4. The molecule has 3 rings (SSSR count). The molecule has 0 bridgehead atoms. The third-order valence-corrected chi connectivity index (χ3v) is 6.66. The van der Waals surface area contributed by atoms with Crippen molar-refractivity contribution in [3.8, 4) is 0 Å². The van der Waals surface area contributed by atoms with Crippen LogP contribution >= 0.6 is 11.6 Å². The molecular weight excluding hydrogens is 386 g/mol. The van der Waals surface area contributed by atoms with Crippen LogP contribution in [0.3, 0.4) is 0 Å². The summed E-state index contributed by atoms with van der Waals surface area (Å²) < 4.78 is 25.8. The van der Waals surface area contributed by atoms with Crippen molar-refractivity contribution >= 4 is 44.6 Å². The number of hydrogen-bond acceptors (Lipinski definition) is 4. The van der Waals surface area contributed by atoms with Gasteiger partial charge in [-0.3, -0.25) is 9.10 Å². The molecule has 144 valence electrons. The molecule has 8 heteroatoms. The van der Waals surface area contributed by atoms with Crippen LogP contribution in [-0.2, 0) is 10.0 Å². The molecular formula is C19H22ClN3O3S. The lowest BCUT2D eigenvalue weighted by molar-refractivity contribution is 0.102. The van der Waals surface area contributed by atoms with Crippen molar-refractivity contribution in [2.24, 2.45) is 0 Å². The molecule has 27 heavy (non-hydrogen) atoms. The van der Waals surface area contributed by atoms with Gasteiger partial charge in [0.05, 0.1) is 22.0 Å². The fourth-order valence-corrected chi connectivity index (χ4v) is 4.86. The predicted octanol–water partition coefficient (Wildman–Crippen LogP) is 3.59. The smallest absolute Gasteiger partial charge is 0.257 e. The summed E-state index contributed by atoms with van der Waals surface area (Å²) in [5, 5.41) is 3.02. The first-order chi connectivity index (χ1) is 12.8. The van der Waals surface area contributed by atoms with Gasteiger partial charge in [0.25, 0.3) is 5.91 Å². The molecule has 0 radical (unpaired) electrons. The molecule has 0 aromatic heterocycles. The van der Waals surface area contributed by atoms with Gasteiger partial charge in [0.15, 0.2) is 0 Å². The van der Waals surface area contributed by atoms with E-state index in [4.69, 9.17) is 11.6 Å². The Labute approximate surface area is 164 Å². The highest BCUT2D eigenvalue weighted by Gasteiger charge is 2.26. The maximum atomic E-state index is 12.5. The number of sulfonamides is 1. The summed E-state index contributed by atoms with van der Waals surface area (Å²) in [5.74, 6) is -0.207. The van der Waals surface area contributed by atoms with Crippen LogP contribution in [0, 0.1) is 0 Å². The average Bonchev–Trinajstić information content (AvgIpc) is 2.61. The van der Waals surface area contributed by atoms with E-state index in [0.717, 1.165) is 12.1 Å². The number of anilines is 3. The van der Waals surface area contributed by atoms with Crippen LogP contribution in [0.1, 0.15) is 23.2 Å². The standard InChI is InChI=1S/C19H22ClN3O3S/c1-22(2)15-7-5-14(6-8-15)21-19(24)17-10-9-16(13-18(17)20)23-11-3-4-12-27(23,25)26/h5-10,13H,3-4,11-12H2,1-2H3,(H,21,24). The van der Waals surface area contributed by atoms with Crippen molar-refractivity contribution in [3.63, 3.8) is 0 Å². The number of halogens is 1. The van der Waals surface area contributed by atoms with Crippen molar-refractivity contribution in [1.29, 1.82) is 0 Å². The van der Waals surface area contributed by atoms with Gasteiger partial charge in [-0.15, -0.1) is 0 Å². The van der Waals surface area contributed by atoms with E-state index < -0.39 is 10.0 Å². The molecule has 0 spiro atoms. The van der Waals surface area contributed by atoms with Gasteiger partial charge in [-0.2, -0.15) is 0 Å². The fraction of sp³-hybridized carbons (Fsp3) is 0.316. The molecule has 2 aromatic rings. The van der Waals surface area contributed by atoms with Crippen LogP contribution in [-0.4, -0.2) is 40.7 Å². The number of nitrogens with one attached hydrogen (secondary N) is 1. The lowest BCUT2D eigenvalue weighted by Crippen LogP contribution is -2.37. The summed E-state index contributed by atoms with van der Waals surface area (Å²) in [6, 6.07) is 12.2. The van der Waals surface area contributed by atoms with E-state index in [1.54, 1.807) is 12.1 Å². The van der Waals surface area contributed by atoms with Crippen molar-refractivity contribution in [2.45, 2.75) is 12.8 Å². The maximum Gasteiger partial charge on any atom is 0.257 e. The molecule has 2 aromatic carbocycles. The molecule has 1 aliphatic heterocycles. The molecule has 6 nitrogen and oxygen atoms in total. The molecule has 1 fully saturated rings. The van der Waals surface area contributed by atoms with Crippen molar-refractivity contribution in [1.82, 2.24) is 0 Å². The monoisotopic (exact) mass is 407 g/mol. The molecule has 1 heterocycles. The second-order valence-electron chi connectivity index (χ2n) is 6.65. The van der Waals surface area contributed by atoms with Crippen LogP contribution in [0.15, 0.2) is 42.5 Å². The molecule has 0 atom stereocenters. The highest BCUT2D eigenvalue weighted by atomic mass is 35.5. The Morgan fingerprint density at radius 2 is 1.81 bits per heavy atom. The lowest BCUT2D eigenvalue weighted by atomic mass is 10.1. The molecule has 1 amide bonds. The van der Waals surface area contributed by atoms with Gasteiger partial charge in [0, 0.05) is 32.0 Å². The maximum absolute atomic E-state index is 12.5. The largest absolute Gasteiger partial charge is 0.378 e. The molecule has 0 aliphatic carbocycles. The zero-order chi connectivity index (χ0) is 19.6. The van der Waals surface area contributed by atoms with Gasteiger partial charge in [-0.25, -0.2) is 8.42 Å². The Bertz CT molecular complexity index is 943. The van der Waals surface area contributed by atoms with E-state index in [0.29, 0.717) is 29.9 Å². The number of carbonyl (C=O) groups excluding carboxylic acids is 1. The number of benzene rings is 2. The third kappa shape index (κ3) is 4.36. The number of nitrogens with zero attached hydrogens (tertiary/aromatic N) is 2. The van der Waals surface area contributed by atoms with E-state index in [1.165, 1.54) is 10.4 Å². The molecule has 1 N–H and O–H groups in total. The van der Waals surface area contributed by atoms with E-state index in [2.05, 4.69) is 5.32 Å². The number of hydrogen-bond donors (Lipinski definition) is 1. The van der Waals surface area contributed by atoms with E-state index in [1.807, 2.05) is 43.3 Å². The van der Waals surface area contributed by atoms with Crippen LogP contribution in [0.2, 0.25) is 5.02 Å². The van der Waals surface area contributed by atoms with Crippen LogP contribution in [0.5, 0.6) is 0 Å². The van der Waals surface area contributed by atoms with Gasteiger partial charge in [0.1, 0.15) is 0 Å². The van der Waals surface area contributed by atoms with Crippen molar-refractivity contribution in [2.75, 3.05) is 40.9 Å². The van der Waals surface area contributed by atoms with Gasteiger partial charge in [-0.1, -0.05) is 11.6 Å². The first-order valence-corrected chi connectivity index (χ1v) is 10.7. The summed E-state index contributed by atoms with van der Waals surface area (Å²) in [4.78, 5) is 14.5. The Balaban J connectivity index is 1.78. The fourth-order valence-electron chi connectivity index (χ4n) is 2.96. The summed E-state index contributed by atoms with van der Waals surface area (Å²) in [6.07, 6.45) is 1.47. The molecule has 0 unspecified atom stereocenters. The van der Waals surface area contributed by atoms with E-state index >= 15 is 0 Å². The third-order valence-electron chi connectivity index (χ3n) is 4.48. The highest BCUT2D eigenvalue weighted by Crippen LogP contribution is 2.29. The van der Waals surface area contributed by atoms with Gasteiger partial charge in [-0.05, 0) is 55.3 Å². The summed E-state index contributed by atoms with van der Waals surface area (Å²) in [7, 11) is 0.568. The van der Waals surface area contributed by atoms with Crippen LogP contribution < -0.4 is 14.5 Å². The van der Waals surface area contributed by atoms with Gasteiger partial charge in [0.2, 0.25) is 10.0 Å². The second-order valence-corrected chi connectivity index (χ2v) is 9.07. The SMILES string of the molecule is CN(C)c1ccc(NC(=O)c2ccc(N3CCCCS3(=O)=O)cc2Cl)cc1. The zero-order valence-corrected chi connectivity index (χ0v) is 16.8. The first-order valence-electron chi connectivity index (χ1n) is 8.66. The topological polar surface area (TPSA) is 69.7 Å². The minimum atomic E-state index is -3.32. The highest BCUT2D eigenvalue weighted by molar-refractivity contribution is 7.92. The summed E-state index contributed by atoms with van der Waals surface area (Å²) in [6.45, 7) is 0.433. The average molecular weight is 408 g/mol. The Kier molecular flexibility index (Phi) is 5.62. The number of carbonyl (C=O) groups is 1. The second kappa shape index (κ2) is 7.78. The van der Waals surface area contributed by atoms with E-state index in [9.17, 15) is 13.2 Å². The van der Waals surface area contributed by atoms with E-state index in [-0.39, 0.29) is 16.7 Å². The predicted molar refractivity (Wildman–Crippen MR) is 111 cm³/mol. The molecule has 1 saturated heterocycles. The Morgan fingerprint density at radius 3 is 2.41 bits per heavy atom. The number of amides is 1. The Hall–Kier alpha value is -2.25. The normalized spacial score (nSPS) is 16.0. The van der Waals surface area contributed by atoms with Crippen LogP contribution in [0.25, 0.3) is 0 Å². The van der Waals surface area contributed by atoms with Crippen molar-refractivity contribution in [3.05, 3.63) is 53.1 Å². The van der Waals surface area contributed by atoms with Gasteiger partial charge < -0.3 is 10.2 Å². The van der Waals surface area contributed by atoms with Crippen molar-refractivity contribution < 1.29 is 13.2 Å². The quantitative estimate of drug-likeness (QED) is 0.840. The summed E-state index contributed by atoms with van der Waals surface area (Å²) in [5.41, 5.74) is 2.47. The molecule has 0 saturated carbocycles. The van der Waals surface area contributed by atoms with Gasteiger partial charge >= 0.3 is 0 Å². The lowest BCUT2D eigenvalue weighted by Gasteiger charge is -2.28. The Morgan fingerprint density at radius 1 is 1.11 bits per heavy atom. The summed E-state index contributed by atoms with van der Waals surface area (Å²) >= 11 is 6.28. The first kappa shape index (κ1) is 19.5.